The molecule has 1 aliphatic carbocycles. The topological polar surface area (TPSA) is 114 Å². The lowest BCUT2D eigenvalue weighted by Crippen LogP contribution is -2.55. The predicted octanol–water partition coefficient (Wildman–Crippen LogP) is 5.18. The summed E-state index contributed by atoms with van der Waals surface area (Å²) >= 11 is 0. The van der Waals surface area contributed by atoms with Crippen LogP contribution in [-0.4, -0.2) is 47.9 Å². The van der Waals surface area contributed by atoms with E-state index in [4.69, 9.17) is 4.74 Å². The molecular formula is C31H55N3O5. The van der Waals surface area contributed by atoms with Crippen LogP contribution < -0.4 is 16.0 Å². The van der Waals surface area contributed by atoms with E-state index in [1.807, 2.05) is 20.8 Å². The molecule has 1 aliphatic heterocycles. The normalized spacial score (nSPS) is 27.6. The van der Waals surface area contributed by atoms with Gasteiger partial charge in [0.25, 0.3) is 0 Å². The monoisotopic (exact) mass is 549 g/mol. The van der Waals surface area contributed by atoms with Crippen molar-refractivity contribution in [3.05, 3.63) is 0 Å². The van der Waals surface area contributed by atoms with Crippen molar-refractivity contribution in [3.63, 3.8) is 0 Å². The van der Waals surface area contributed by atoms with E-state index in [2.05, 4.69) is 22.9 Å². The zero-order valence-electron chi connectivity index (χ0n) is 25.2. The Labute approximate surface area is 236 Å². The van der Waals surface area contributed by atoms with E-state index in [-0.39, 0.29) is 30.1 Å². The van der Waals surface area contributed by atoms with Gasteiger partial charge in [-0.3, -0.25) is 14.4 Å². The Hall–Kier alpha value is -2.12. The minimum atomic E-state index is -0.842. The second kappa shape index (κ2) is 17.5. The van der Waals surface area contributed by atoms with Crippen molar-refractivity contribution >= 4 is 23.7 Å². The van der Waals surface area contributed by atoms with Gasteiger partial charge in [-0.05, 0) is 37.5 Å². The van der Waals surface area contributed by atoms with Gasteiger partial charge in [0.15, 0.2) is 0 Å². The fraction of sp³-hybridized carbons (Fsp3) is 0.871. The molecule has 0 bridgehead atoms. The van der Waals surface area contributed by atoms with Crippen LogP contribution in [0, 0.1) is 17.8 Å². The summed E-state index contributed by atoms with van der Waals surface area (Å²) < 4.78 is 6.00. The first kappa shape index (κ1) is 33.1. The van der Waals surface area contributed by atoms with Crippen LogP contribution in [0.2, 0.25) is 0 Å². The maximum absolute atomic E-state index is 13.4. The summed E-state index contributed by atoms with van der Waals surface area (Å²) in [5, 5.41) is 8.57. The molecule has 39 heavy (non-hydrogen) atoms. The fourth-order valence-corrected chi connectivity index (χ4v) is 5.76. The molecule has 6 atom stereocenters. The Morgan fingerprint density at radius 3 is 2.15 bits per heavy atom. The summed E-state index contributed by atoms with van der Waals surface area (Å²) in [6.45, 7) is 9.69. The lowest BCUT2D eigenvalue weighted by molar-refractivity contribution is -0.158. The van der Waals surface area contributed by atoms with E-state index in [0.717, 1.165) is 44.9 Å². The number of nitrogens with one attached hydrogen (secondary N) is 3. The Morgan fingerprint density at radius 1 is 0.821 bits per heavy atom. The van der Waals surface area contributed by atoms with Gasteiger partial charge in [-0.1, -0.05) is 105 Å². The maximum Gasteiger partial charge on any atom is 0.329 e. The number of carbonyl (C=O) groups is 4. The van der Waals surface area contributed by atoms with Gasteiger partial charge in [0.2, 0.25) is 17.7 Å². The van der Waals surface area contributed by atoms with Crippen molar-refractivity contribution in [2.24, 2.45) is 17.8 Å². The van der Waals surface area contributed by atoms with Crippen molar-refractivity contribution in [3.8, 4) is 0 Å². The minimum Gasteiger partial charge on any atom is -0.460 e. The summed E-state index contributed by atoms with van der Waals surface area (Å²) in [6.07, 6.45) is 14.0. The van der Waals surface area contributed by atoms with Gasteiger partial charge >= 0.3 is 5.97 Å². The number of esters is 1. The molecule has 1 saturated heterocycles. The standard InChI is InChI=1S/C31H55N3O5/c1-6-8-9-10-11-13-16-22(4)26-20-27(35)33-25(19-24-17-14-12-15-18-24)30(37)32-23(5)29(36)34-28(21(3)7-2)31(38)39-26/h21-26,28H,6-20H2,1-5H3,(H,32,37)(H,33,35)(H,34,36). The Morgan fingerprint density at radius 2 is 1.49 bits per heavy atom. The first-order chi connectivity index (χ1) is 18.7. The van der Waals surface area contributed by atoms with E-state index in [1.165, 1.54) is 32.1 Å². The molecule has 1 saturated carbocycles. The van der Waals surface area contributed by atoms with Gasteiger partial charge in [-0.15, -0.1) is 0 Å². The zero-order chi connectivity index (χ0) is 28.8. The molecule has 3 N–H and O–H groups in total. The van der Waals surface area contributed by atoms with E-state index < -0.39 is 36.1 Å². The van der Waals surface area contributed by atoms with Crippen molar-refractivity contribution in [2.75, 3.05) is 0 Å². The van der Waals surface area contributed by atoms with Crippen molar-refractivity contribution < 1.29 is 23.9 Å². The van der Waals surface area contributed by atoms with E-state index in [0.29, 0.717) is 18.8 Å². The van der Waals surface area contributed by atoms with Crippen LogP contribution >= 0.6 is 0 Å². The minimum absolute atomic E-state index is 0.00785. The predicted molar refractivity (Wildman–Crippen MR) is 154 cm³/mol. The number of ether oxygens (including phenoxy) is 1. The number of carbonyl (C=O) groups excluding carboxylic acids is 4. The smallest absolute Gasteiger partial charge is 0.329 e. The summed E-state index contributed by atoms with van der Waals surface area (Å²) in [6, 6.07) is -2.40. The highest BCUT2D eigenvalue weighted by Crippen LogP contribution is 2.28. The van der Waals surface area contributed by atoms with Crippen LogP contribution in [0.4, 0.5) is 0 Å². The number of amides is 3. The summed E-state index contributed by atoms with van der Waals surface area (Å²) in [7, 11) is 0. The molecule has 1 heterocycles. The molecule has 3 amide bonds. The molecule has 2 aliphatic rings. The SMILES string of the molecule is CCCCCCCCC(C)C1CC(=O)NC(CC2CCCCC2)C(=O)NC(C)C(=O)NC(C(C)CC)C(=O)O1. The first-order valence-electron chi connectivity index (χ1n) is 15.8. The lowest BCUT2D eigenvalue weighted by atomic mass is 9.84. The second-order valence-corrected chi connectivity index (χ2v) is 12.2. The van der Waals surface area contributed by atoms with Gasteiger partial charge in [0.05, 0.1) is 6.42 Å². The summed E-state index contributed by atoms with van der Waals surface area (Å²) in [4.78, 5) is 53.0. The fourth-order valence-electron chi connectivity index (χ4n) is 5.76. The molecule has 0 spiro atoms. The largest absolute Gasteiger partial charge is 0.460 e. The lowest BCUT2D eigenvalue weighted by Gasteiger charge is -2.29. The number of unbranched alkanes of at least 4 members (excludes halogenated alkanes) is 5. The van der Waals surface area contributed by atoms with E-state index in [1.54, 1.807) is 6.92 Å². The van der Waals surface area contributed by atoms with Gasteiger partial charge in [-0.25, -0.2) is 4.79 Å². The molecule has 0 aromatic carbocycles. The highest BCUT2D eigenvalue weighted by atomic mass is 16.5. The van der Waals surface area contributed by atoms with Crippen LogP contribution in [-0.2, 0) is 23.9 Å². The first-order valence-corrected chi connectivity index (χ1v) is 15.8. The average Bonchev–Trinajstić information content (AvgIpc) is 2.92. The number of rotatable bonds is 12. The zero-order valence-corrected chi connectivity index (χ0v) is 25.2. The van der Waals surface area contributed by atoms with Crippen molar-refractivity contribution in [1.29, 1.82) is 0 Å². The molecule has 0 aromatic rings. The van der Waals surface area contributed by atoms with Gasteiger partial charge in [-0.2, -0.15) is 0 Å². The highest BCUT2D eigenvalue weighted by Gasteiger charge is 2.35. The molecule has 6 unspecified atom stereocenters. The number of cyclic esters (lactones) is 1. The highest BCUT2D eigenvalue weighted by molar-refractivity contribution is 5.93. The summed E-state index contributed by atoms with van der Waals surface area (Å²) in [5.74, 6) is -1.38. The third-order valence-corrected chi connectivity index (χ3v) is 8.76. The third kappa shape index (κ3) is 11.5. The van der Waals surface area contributed by atoms with Crippen LogP contribution in [0.5, 0.6) is 0 Å². The Balaban J connectivity index is 2.23. The molecule has 2 fully saturated rings. The number of hydrogen-bond acceptors (Lipinski definition) is 5. The molecule has 2 rings (SSSR count). The average molecular weight is 550 g/mol. The molecule has 8 nitrogen and oxygen atoms in total. The molecule has 0 radical (unpaired) electrons. The van der Waals surface area contributed by atoms with Crippen LogP contribution in [0.1, 0.15) is 131 Å². The van der Waals surface area contributed by atoms with E-state index >= 15 is 0 Å². The third-order valence-electron chi connectivity index (χ3n) is 8.76. The van der Waals surface area contributed by atoms with Crippen LogP contribution in [0.3, 0.4) is 0 Å². The molecule has 224 valence electrons. The quantitative estimate of drug-likeness (QED) is 0.229. The van der Waals surface area contributed by atoms with Crippen molar-refractivity contribution in [2.45, 2.75) is 155 Å². The maximum atomic E-state index is 13.4. The van der Waals surface area contributed by atoms with E-state index in [9.17, 15) is 19.2 Å². The molecular weight excluding hydrogens is 494 g/mol. The second-order valence-electron chi connectivity index (χ2n) is 12.2. The van der Waals surface area contributed by atoms with Crippen LogP contribution in [0.15, 0.2) is 0 Å². The Kier molecular flexibility index (Phi) is 14.9. The van der Waals surface area contributed by atoms with Gasteiger partial charge in [0, 0.05) is 0 Å². The molecule has 8 heteroatoms. The number of hydrogen-bond donors (Lipinski definition) is 3. The van der Waals surface area contributed by atoms with Gasteiger partial charge < -0.3 is 20.7 Å². The van der Waals surface area contributed by atoms with Crippen LogP contribution in [0.25, 0.3) is 0 Å². The van der Waals surface area contributed by atoms with Crippen molar-refractivity contribution in [1.82, 2.24) is 16.0 Å². The van der Waals surface area contributed by atoms with Gasteiger partial charge in [0.1, 0.15) is 24.2 Å². The summed E-state index contributed by atoms with van der Waals surface area (Å²) in [5.41, 5.74) is 0. The Bertz CT molecular complexity index is 782. The molecule has 0 aromatic heterocycles.